The summed E-state index contributed by atoms with van der Waals surface area (Å²) in [7, 11) is 0. The first-order valence-electron chi connectivity index (χ1n) is 10.2. The Kier molecular flexibility index (Phi) is 4.84. The van der Waals surface area contributed by atoms with Crippen LogP contribution in [-0.2, 0) is 4.79 Å². The molecule has 0 radical (unpaired) electrons. The van der Waals surface area contributed by atoms with Crippen molar-refractivity contribution in [3.05, 3.63) is 23.8 Å². The van der Waals surface area contributed by atoms with Gasteiger partial charge in [-0.3, -0.25) is 14.5 Å². The Balaban J connectivity index is 1.44. The molecule has 2 saturated heterocycles. The number of hydrogen-bond donors (Lipinski definition) is 2. The van der Waals surface area contributed by atoms with Crippen molar-refractivity contribution in [1.82, 2.24) is 10.2 Å². The van der Waals surface area contributed by atoms with Gasteiger partial charge >= 0.3 is 0 Å². The van der Waals surface area contributed by atoms with Crippen LogP contribution in [0.3, 0.4) is 0 Å². The van der Waals surface area contributed by atoms with Crippen molar-refractivity contribution in [2.45, 2.75) is 57.5 Å². The minimum absolute atomic E-state index is 0.0452. The summed E-state index contributed by atoms with van der Waals surface area (Å²) in [6.07, 6.45) is 5.71. The molecule has 3 heterocycles. The lowest BCUT2D eigenvalue weighted by Gasteiger charge is -2.41. The monoisotopic (exact) mass is 370 g/mol. The van der Waals surface area contributed by atoms with Gasteiger partial charge in [-0.2, -0.15) is 0 Å². The second-order valence-corrected chi connectivity index (χ2v) is 8.62. The molecular formula is C21H30N4O2. The van der Waals surface area contributed by atoms with Crippen molar-refractivity contribution in [3.8, 4) is 0 Å². The molecule has 0 spiro atoms. The Morgan fingerprint density at radius 1 is 1.19 bits per heavy atom. The molecule has 4 rings (SSSR count). The van der Waals surface area contributed by atoms with Gasteiger partial charge in [-0.15, -0.1) is 0 Å². The fourth-order valence-electron chi connectivity index (χ4n) is 4.58. The van der Waals surface area contributed by atoms with Crippen LogP contribution < -0.4 is 15.5 Å². The van der Waals surface area contributed by atoms with Gasteiger partial charge in [0.15, 0.2) is 0 Å². The molecule has 3 aliphatic heterocycles. The minimum atomic E-state index is -0.0827. The van der Waals surface area contributed by atoms with Crippen LogP contribution in [0.4, 0.5) is 11.4 Å². The van der Waals surface area contributed by atoms with E-state index in [2.05, 4.69) is 34.3 Å². The molecule has 2 N–H and O–H groups in total. The summed E-state index contributed by atoms with van der Waals surface area (Å²) in [5, 5.41) is 6.08. The van der Waals surface area contributed by atoms with Crippen LogP contribution in [0.1, 0.15) is 56.3 Å². The van der Waals surface area contributed by atoms with Crippen molar-refractivity contribution < 1.29 is 9.59 Å². The summed E-state index contributed by atoms with van der Waals surface area (Å²) < 4.78 is 0. The lowest BCUT2D eigenvalue weighted by molar-refractivity contribution is -0.117. The zero-order valence-electron chi connectivity index (χ0n) is 16.4. The molecule has 2 amide bonds. The number of hydrogen-bond acceptors (Lipinski definition) is 4. The third-order valence-corrected chi connectivity index (χ3v) is 6.28. The maximum absolute atomic E-state index is 12.7. The van der Waals surface area contributed by atoms with Gasteiger partial charge in [-0.25, -0.2) is 0 Å². The lowest BCUT2D eigenvalue weighted by Crippen LogP contribution is -2.53. The quantitative estimate of drug-likeness (QED) is 0.855. The molecule has 1 aromatic rings. The molecular weight excluding hydrogens is 340 g/mol. The average Bonchev–Trinajstić information content (AvgIpc) is 3.17. The van der Waals surface area contributed by atoms with Crippen molar-refractivity contribution in [3.63, 3.8) is 0 Å². The Labute approximate surface area is 161 Å². The standard InChI is InChI=1S/C21H30N4O2/c1-21(2,24-10-4-3-5-11-24)14-22-19(26)15-8-9-17-16(13-15)23-20(27)18-7-6-12-25(17)18/h8-9,13,18H,3-7,10-12,14H2,1-2H3,(H,22,26)(H,23,27)/t18-/m0/s1. The van der Waals surface area contributed by atoms with Gasteiger partial charge < -0.3 is 15.5 Å². The SMILES string of the molecule is CC(C)(CNC(=O)c1ccc2c(c1)NC(=O)[C@@H]1CCCN21)N1CCCCC1. The summed E-state index contributed by atoms with van der Waals surface area (Å²) in [6, 6.07) is 5.60. The van der Waals surface area contributed by atoms with Crippen LogP contribution >= 0.6 is 0 Å². The van der Waals surface area contributed by atoms with E-state index in [-0.39, 0.29) is 23.4 Å². The van der Waals surface area contributed by atoms with E-state index in [1.807, 2.05) is 18.2 Å². The molecule has 146 valence electrons. The fourth-order valence-corrected chi connectivity index (χ4v) is 4.58. The first-order valence-corrected chi connectivity index (χ1v) is 10.2. The van der Waals surface area contributed by atoms with Crippen LogP contribution in [0.15, 0.2) is 18.2 Å². The maximum Gasteiger partial charge on any atom is 0.251 e. The summed E-state index contributed by atoms with van der Waals surface area (Å²) in [5.74, 6) is -0.0375. The first-order chi connectivity index (χ1) is 13.0. The summed E-state index contributed by atoms with van der Waals surface area (Å²) in [4.78, 5) is 29.6. The van der Waals surface area contributed by atoms with Crippen LogP contribution in [0, 0.1) is 0 Å². The summed E-state index contributed by atoms with van der Waals surface area (Å²) in [6.45, 7) is 8.11. The van der Waals surface area contributed by atoms with E-state index in [1.165, 1.54) is 19.3 Å². The number of nitrogens with one attached hydrogen (secondary N) is 2. The number of likely N-dealkylation sites (tertiary alicyclic amines) is 1. The van der Waals surface area contributed by atoms with E-state index in [4.69, 9.17) is 0 Å². The number of fused-ring (bicyclic) bond motifs is 3. The highest BCUT2D eigenvalue weighted by Gasteiger charge is 2.36. The average molecular weight is 370 g/mol. The predicted octanol–water partition coefficient (Wildman–Crippen LogP) is 2.60. The molecule has 0 unspecified atom stereocenters. The third-order valence-electron chi connectivity index (χ3n) is 6.28. The Morgan fingerprint density at radius 3 is 2.74 bits per heavy atom. The normalized spacial score (nSPS) is 22.8. The van der Waals surface area contributed by atoms with Gasteiger partial charge in [0, 0.05) is 24.2 Å². The number of nitrogens with zero attached hydrogens (tertiary/aromatic N) is 2. The smallest absolute Gasteiger partial charge is 0.251 e. The second-order valence-electron chi connectivity index (χ2n) is 8.62. The van der Waals surface area contributed by atoms with Crippen LogP contribution in [0.25, 0.3) is 0 Å². The molecule has 2 fully saturated rings. The van der Waals surface area contributed by atoms with Gasteiger partial charge in [-0.1, -0.05) is 6.42 Å². The van der Waals surface area contributed by atoms with Gasteiger partial charge in [0.1, 0.15) is 6.04 Å². The molecule has 0 aromatic heterocycles. The maximum atomic E-state index is 12.7. The largest absolute Gasteiger partial charge is 0.358 e. The third kappa shape index (κ3) is 3.55. The van der Waals surface area contributed by atoms with Crippen molar-refractivity contribution in [2.24, 2.45) is 0 Å². The summed E-state index contributed by atoms with van der Waals surface area (Å²) in [5.41, 5.74) is 2.32. The van der Waals surface area contributed by atoms with Crippen molar-refractivity contribution in [2.75, 3.05) is 36.4 Å². The molecule has 1 atom stereocenters. The topological polar surface area (TPSA) is 64.7 Å². The highest BCUT2D eigenvalue weighted by atomic mass is 16.2. The van der Waals surface area contributed by atoms with Crippen LogP contribution in [-0.4, -0.2) is 54.5 Å². The Hall–Kier alpha value is -2.08. The highest BCUT2D eigenvalue weighted by Crippen LogP contribution is 2.37. The van der Waals surface area contributed by atoms with Crippen LogP contribution in [0.5, 0.6) is 0 Å². The second kappa shape index (κ2) is 7.15. The van der Waals surface area contributed by atoms with E-state index >= 15 is 0 Å². The summed E-state index contributed by atoms with van der Waals surface area (Å²) >= 11 is 0. The number of amides is 2. The van der Waals surface area contributed by atoms with Gasteiger partial charge in [0.25, 0.3) is 5.91 Å². The molecule has 0 aliphatic carbocycles. The van der Waals surface area contributed by atoms with E-state index in [0.29, 0.717) is 12.1 Å². The molecule has 6 heteroatoms. The molecule has 3 aliphatic rings. The number of anilines is 2. The molecule has 1 aromatic carbocycles. The lowest BCUT2D eigenvalue weighted by atomic mass is 9.98. The number of piperidine rings is 1. The Morgan fingerprint density at radius 2 is 1.96 bits per heavy atom. The van der Waals surface area contributed by atoms with E-state index in [1.54, 1.807) is 0 Å². The van der Waals surface area contributed by atoms with Gasteiger partial charge in [-0.05, 0) is 70.8 Å². The highest BCUT2D eigenvalue weighted by molar-refractivity contribution is 6.06. The van der Waals surface area contributed by atoms with E-state index in [9.17, 15) is 9.59 Å². The zero-order valence-corrected chi connectivity index (χ0v) is 16.4. The molecule has 0 bridgehead atoms. The van der Waals surface area contributed by atoms with Gasteiger partial charge in [0.2, 0.25) is 5.91 Å². The van der Waals surface area contributed by atoms with Crippen LogP contribution in [0.2, 0.25) is 0 Å². The number of carbonyl (C=O) groups is 2. The van der Waals surface area contributed by atoms with E-state index in [0.717, 1.165) is 43.9 Å². The predicted molar refractivity (Wildman–Crippen MR) is 107 cm³/mol. The number of benzene rings is 1. The first kappa shape index (κ1) is 18.3. The zero-order chi connectivity index (χ0) is 19.0. The number of carbonyl (C=O) groups excluding carboxylic acids is 2. The minimum Gasteiger partial charge on any atom is -0.358 e. The molecule has 27 heavy (non-hydrogen) atoms. The van der Waals surface area contributed by atoms with Crippen molar-refractivity contribution in [1.29, 1.82) is 0 Å². The van der Waals surface area contributed by atoms with E-state index < -0.39 is 0 Å². The Bertz CT molecular complexity index is 740. The van der Waals surface area contributed by atoms with Crippen molar-refractivity contribution >= 4 is 23.2 Å². The van der Waals surface area contributed by atoms with Gasteiger partial charge in [0.05, 0.1) is 11.4 Å². The molecule has 0 saturated carbocycles. The fraction of sp³-hybridized carbons (Fsp3) is 0.619. The molecule has 6 nitrogen and oxygen atoms in total. The number of rotatable bonds is 4.